The molecule has 1 aromatic heterocycles. The van der Waals surface area contributed by atoms with Crippen LogP contribution in [-0.4, -0.2) is 18.0 Å². The number of nitrogens with zero attached hydrogens (tertiary/aromatic N) is 1. The van der Waals surface area contributed by atoms with Crippen molar-refractivity contribution in [2.75, 3.05) is 12.4 Å². The van der Waals surface area contributed by atoms with Gasteiger partial charge in [0.05, 0.1) is 13.3 Å². The molecule has 4 nitrogen and oxygen atoms in total. The minimum Gasteiger partial charge on any atom is -0.495 e. The summed E-state index contributed by atoms with van der Waals surface area (Å²) in [6.45, 7) is 1.56. The number of halogens is 1. The predicted octanol–water partition coefficient (Wildman–Crippen LogP) is 2.79. The molecule has 5 heteroatoms. The normalized spacial score (nSPS) is 10.1. The first-order valence-electron chi connectivity index (χ1n) is 5.68. The number of aromatic nitrogens is 1. The number of methoxy groups -OCH3 is 1. The van der Waals surface area contributed by atoms with Crippen LogP contribution in [0, 0.1) is 12.7 Å². The highest BCUT2D eigenvalue weighted by Gasteiger charge is 2.12. The van der Waals surface area contributed by atoms with Crippen LogP contribution in [0.2, 0.25) is 0 Å². The van der Waals surface area contributed by atoms with Gasteiger partial charge in [0.1, 0.15) is 17.4 Å². The molecule has 0 atom stereocenters. The molecule has 0 saturated carbocycles. The number of carbonyl (C=O) groups is 1. The molecular weight excluding hydrogens is 247 g/mol. The highest BCUT2D eigenvalue weighted by molar-refractivity contribution is 6.04. The summed E-state index contributed by atoms with van der Waals surface area (Å²) in [5.41, 5.74) is 0.603. The highest BCUT2D eigenvalue weighted by Crippen LogP contribution is 2.15. The Morgan fingerprint density at radius 3 is 2.74 bits per heavy atom. The first kappa shape index (κ1) is 13.0. The number of pyridine rings is 1. The van der Waals surface area contributed by atoms with E-state index in [1.165, 1.54) is 25.4 Å². The third-order valence-corrected chi connectivity index (χ3v) is 2.73. The van der Waals surface area contributed by atoms with Crippen LogP contribution in [0.15, 0.2) is 36.5 Å². The van der Waals surface area contributed by atoms with E-state index in [0.717, 1.165) is 0 Å². The molecule has 2 rings (SSSR count). The van der Waals surface area contributed by atoms with Gasteiger partial charge < -0.3 is 10.1 Å². The molecule has 0 spiro atoms. The molecule has 0 aliphatic carbocycles. The van der Waals surface area contributed by atoms with Crippen molar-refractivity contribution < 1.29 is 13.9 Å². The molecule has 1 N–H and O–H groups in total. The van der Waals surface area contributed by atoms with E-state index in [1.807, 2.05) is 0 Å². The molecule has 2 aromatic rings. The quantitative estimate of drug-likeness (QED) is 0.923. The van der Waals surface area contributed by atoms with Gasteiger partial charge in [-0.15, -0.1) is 0 Å². The zero-order chi connectivity index (χ0) is 13.8. The second-order valence-corrected chi connectivity index (χ2v) is 3.95. The van der Waals surface area contributed by atoms with Gasteiger partial charge in [0.25, 0.3) is 5.91 Å². The van der Waals surface area contributed by atoms with Crippen LogP contribution >= 0.6 is 0 Å². The first-order valence-corrected chi connectivity index (χ1v) is 5.68. The van der Waals surface area contributed by atoms with Crippen molar-refractivity contribution in [1.29, 1.82) is 0 Å². The van der Waals surface area contributed by atoms with E-state index in [-0.39, 0.29) is 5.56 Å². The molecule has 0 unspecified atom stereocenters. The van der Waals surface area contributed by atoms with Gasteiger partial charge in [-0.05, 0) is 36.8 Å². The SMILES string of the molecule is COc1ccc(NC(=O)c2cccc(F)c2C)nc1. The van der Waals surface area contributed by atoms with Crippen LogP contribution in [0.1, 0.15) is 15.9 Å². The fraction of sp³-hybridized carbons (Fsp3) is 0.143. The Morgan fingerprint density at radius 1 is 1.32 bits per heavy atom. The number of hydrogen-bond acceptors (Lipinski definition) is 3. The van der Waals surface area contributed by atoms with Crippen LogP contribution in [0.4, 0.5) is 10.2 Å². The van der Waals surface area contributed by atoms with E-state index in [4.69, 9.17) is 4.74 Å². The zero-order valence-corrected chi connectivity index (χ0v) is 10.6. The van der Waals surface area contributed by atoms with Crippen molar-refractivity contribution in [2.24, 2.45) is 0 Å². The molecule has 0 fully saturated rings. The summed E-state index contributed by atoms with van der Waals surface area (Å²) in [6.07, 6.45) is 1.49. The Balaban J connectivity index is 2.18. The van der Waals surface area contributed by atoms with E-state index in [9.17, 15) is 9.18 Å². The molecular formula is C14H13FN2O2. The van der Waals surface area contributed by atoms with E-state index in [1.54, 1.807) is 25.1 Å². The van der Waals surface area contributed by atoms with Gasteiger partial charge >= 0.3 is 0 Å². The van der Waals surface area contributed by atoms with Gasteiger partial charge in [0.2, 0.25) is 0 Å². The average molecular weight is 260 g/mol. The zero-order valence-electron chi connectivity index (χ0n) is 10.6. The predicted molar refractivity (Wildman–Crippen MR) is 69.9 cm³/mol. The maximum absolute atomic E-state index is 13.4. The third-order valence-electron chi connectivity index (χ3n) is 2.73. The molecule has 0 radical (unpaired) electrons. The Hall–Kier alpha value is -2.43. The number of carbonyl (C=O) groups excluding carboxylic acids is 1. The molecule has 1 aromatic carbocycles. The van der Waals surface area contributed by atoms with E-state index in [2.05, 4.69) is 10.3 Å². The smallest absolute Gasteiger partial charge is 0.257 e. The van der Waals surface area contributed by atoms with Gasteiger partial charge in [0, 0.05) is 5.56 Å². The molecule has 0 bridgehead atoms. The third kappa shape index (κ3) is 2.88. The Morgan fingerprint density at radius 2 is 2.11 bits per heavy atom. The second kappa shape index (κ2) is 5.48. The summed E-state index contributed by atoms with van der Waals surface area (Å²) in [7, 11) is 1.53. The molecule has 19 heavy (non-hydrogen) atoms. The van der Waals surface area contributed by atoms with Gasteiger partial charge in [-0.1, -0.05) is 6.07 Å². The topological polar surface area (TPSA) is 51.2 Å². The Labute approximate surface area is 110 Å². The first-order chi connectivity index (χ1) is 9.11. The van der Waals surface area contributed by atoms with Gasteiger partial charge in [0.15, 0.2) is 0 Å². The molecule has 1 heterocycles. The van der Waals surface area contributed by atoms with Crippen molar-refractivity contribution in [2.45, 2.75) is 6.92 Å². The summed E-state index contributed by atoms with van der Waals surface area (Å²) in [6, 6.07) is 7.68. The Kier molecular flexibility index (Phi) is 3.75. The average Bonchev–Trinajstić information content (AvgIpc) is 2.42. The summed E-state index contributed by atoms with van der Waals surface area (Å²) >= 11 is 0. The number of rotatable bonds is 3. The molecule has 0 saturated heterocycles. The minimum absolute atomic E-state index is 0.289. The lowest BCUT2D eigenvalue weighted by Crippen LogP contribution is -2.14. The van der Waals surface area contributed by atoms with Crippen molar-refractivity contribution >= 4 is 11.7 Å². The van der Waals surface area contributed by atoms with Crippen molar-refractivity contribution in [3.8, 4) is 5.75 Å². The van der Waals surface area contributed by atoms with E-state index >= 15 is 0 Å². The van der Waals surface area contributed by atoms with Crippen molar-refractivity contribution in [1.82, 2.24) is 4.98 Å². The van der Waals surface area contributed by atoms with Gasteiger partial charge in [-0.25, -0.2) is 9.37 Å². The molecule has 0 aliphatic rings. The number of hydrogen-bond donors (Lipinski definition) is 1. The number of ether oxygens (including phenoxy) is 1. The maximum atomic E-state index is 13.4. The standard InChI is InChI=1S/C14H13FN2O2/c1-9-11(4-3-5-12(9)15)14(18)17-13-7-6-10(19-2)8-16-13/h3-8H,1-2H3,(H,16,17,18). The molecule has 98 valence electrons. The fourth-order valence-corrected chi connectivity index (χ4v) is 1.61. The van der Waals surface area contributed by atoms with Crippen molar-refractivity contribution in [3.63, 3.8) is 0 Å². The monoisotopic (exact) mass is 260 g/mol. The number of nitrogens with one attached hydrogen (secondary N) is 1. The Bertz CT molecular complexity index is 597. The van der Waals surface area contributed by atoms with Gasteiger partial charge in [-0.2, -0.15) is 0 Å². The van der Waals surface area contributed by atoms with Crippen LogP contribution in [0.25, 0.3) is 0 Å². The summed E-state index contributed by atoms with van der Waals surface area (Å²) in [4.78, 5) is 16.0. The second-order valence-electron chi connectivity index (χ2n) is 3.95. The fourth-order valence-electron chi connectivity index (χ4n) is 1.61. The molecule has 1 amide bonds. The molecule has 0 aliphatic heterocycles. The lowest BCUT2D eigenvalue weighted by atomic mass is 10.1. The van der Waals surface area contributed by atoms with Crippen molar-refractivity contribution in [3.05, 3.63) is 53.5 Å². The number of anilines is 1. The summed E-state index contributed by atoms with van der Waals surface area (Å²) in [5.74, 6) is 0.180. The summed E-state index contributed by atoms with van der Waals surface area (Å²) in [5, 5.41) is 2.61. The summed E-state index contributed by atoms with van der Waals surface area (Å²) < 4.78 is 18.3. The van der Waals surface area contributed by atoms with Crippen LogP contribution in [0.5, 0.6) is 5.75 Å². The number of amides is 1. The van der Waals surface area contributed by atoms with E-state index < -0.39 is 11.7 Å². The van der Waals surface area contributed by atoms with Crippen LogP contribution in [0.3, 0.4) is 0 Å². The number of benzene rings is 1. The minimum atomic E-state index is -0.407. The van der Waals surface area contributed by atoms with E-state index in [0.29, 0.717) is 17.1 Å². The van der Waals surface area contributed by atoms with Crippen LogP contribution < -0.4 is 10.1 Å². The highest BCUT2D eigenvalue weighted by atomic mass is 19.1. The largest absolute Gasteiger partial charge is 0.495 e. The maximum Gasteiger partial charge on any atom is 0.257 e. The van der Waals surface area contributed by atoms with Gasteiger partial charge in [-0.3, -0.25) is 4.79 Å². The van der Waals surface area contributed by atoms with Crippen LogP contribution in [-0.2, 0) is 0 Å². The lowest BCUT2D eigenvalue weighted by molar-refractivity contribution is 0.102. The lowest BCUT2D eigenvalue weighted by Gasteiger charge is -2.08.